The first-order chi connectivity index (χ1) is 23.4. The Morgan fingerprint density at radius 1 is 1.02 bits per heavy atom. The lowest BCUT2D eigenvalue weighted by atomic mass is 9.77. The Morgan fingerprint density at radius 2 is 1.76 bits per heavy atom. The summed E-state index contributed by atoms with van der Waals surface area (Å²) in [6.07, 6.45) is 0.610. The highest BCUT2D eigenvalue weighted by atomic mass is 16.5. The molecule has 1 unspecified atom stereocenters. The van der Waals surface area contributed by atoms with Crippen molar-refractivity contribution in [1.29, 1.82) is 0 Å². The number of benzene rings is 2. The van der Waals surface area contributed by atoms with E-state index in [1.54, 1.807) is 50.4 Å². The van der Waals surface area contributed by atoms with E-state index in [4.69, 9.17) is 15.2 Å². The van der Waals surface area contributed by atoms with Crippen molar-refractivity contribution in [3.8, 4) is 0 Å². The molecule has 0 bridgehead atoms. The number of ether oxygens (including phenoxy) is 3. The summed E-state index contributed by atoms with van der Waals surface area (Å²) < 4.78 is 14.7. The highest BCUT2D eigenvalue weighted by Gasteiger charge is 2.24. The number of hydrogen-bond acceptors (Lipinski definition) is 15. The van der Waals surface area contributed by atoms with Crippen LogP contribution in [-0.4, -0.2) is 88.4 Å². The van der Waals surface area contributed by atoms with Gasteiger partial charge < -0.3 is 40.2 Å². The molecule has 0 aliphatic rings. The quantitative estimate of drug-likeness (QED) is 0.0741. The number of carbonyl (C=O) groups is 4. The summed E-state index contributed by atoms with van der Waals surface area (Å²) >= 11 is 0. The third-order valence-corrected chi connectivity index (χ3v) is 7.30. The van der Waals surface area contributed by atoms with Gasteiger partial charge in [0.05, 0.1) is 32.7 Å². The minimum absolute atomic E-state index is 0.00774. The summed E-state index contributed by atoms with van der Waals surface area (Å²) in [5.74, 6) is -1.87. The van der Waals surface area contributed by atoms with E-state index in [-0.39, 0.29) is 54.5 Å². The molecule has 0 radical (unpaired) electrons. The van der Waals surface area contributed by atoms with E-state index in [0.29, 0.717) is 22.3 Å². The molecule has 0 saturated heterocycles. The number of nitrogens with two attached hydrogens (primary N) is 1. The van der Waals surface area contributed by atoms with Crippen LogP contribution >= 0.6 is 0 Å². The van der Waals surface area contributed by atoms with Gasteiger partial charge in [0.15, 0.2) is 17.0 Å². The van der Waals surface area contributed by atoms with Gasteiger partial charge in [-0.1, -0.05) is 23.8 Å². The first-order valence-electron chi connectivity index (χ1n) is 14.8. The normalized spacial score (nSPS) is 11.3. The number of nitrogen functional groups attached to an aromatic ring is 1. The molecule has 2 aromatic carbocycles. The van der Waals surface area contributed by atoms with Crippen molar-refractivity contribution >= 4 is 65.1 Å². The average molecular weight is 674 g/mol. The summed E-state index contributed by atoms with van der Waals surface area (Å²) in [5, 5.41) is 23.9. The van der Waals surface area contributed by atoms with Crippen LogP contribution in [0.4, 0.5) is 22.2 Å². The molecule has 0 saturated carbocycles. The smallest absolute Gasteiger partial charge is 0.469 e. The van der Waals surface area contributed by atoms with Gasteiger partial charge in [-0.05, 0) is 48.6 Å². The summed E-state index contributed by atoms with van der Waals surface area (Å²) in [5.41, 5.74) is 9.25. The topological polar surface area (TPSA) is 241 Å². The van der Waals surface area contributed by atoms with Crippen molar-refractivity contribution in [3.63, 3.8) is 0 Å². The van der Waals surface area contributed by atoms with Crippen LogP contribution in [0.25, 0.3) is 11.2 Å². The van der Waals surface area contributed by atoms with Gasteiger partial charge in [0.25, 0.3) is 5.91 Å². The Balaban J connectivity index is 1.42. The van der Waals surface area contributed by atoms with Crippen molar-refractivity contribution in [1.82, 2.24) is 25.3 Å². The van der Waals surface area contributed by atoms with Gasteiger partial charge >= 0.3 is 25.2 Å². The number of methoxy groups -OCH3 is 2. The van der Waals surface area contributed by atoms with E-state index in [1.807, 2.05) is 4.90 Å². The SMILES string of the molecule is COC(=O)CCC(NC(=O)c1ccc(N(C)Cc2cnc3nc(N)nc(NC(=O)OCc4ccc(B(O)O)c(C)c4)c3n2)cc1)C(=O)OC. The third-order valence-electron chi connectivity index (χ3n) is 7.30. The number of hydrogen-bond donors (Lipinski definition) is 5. The molecular formula is C31H35BN8O9. The van der Waals surface area contributed by atoms with Crippen molar-refractivity contribution in [3.05, 3.63) is 71.0 Å². The molecule has 4 rings (SSSR count). The van der Waals surface area contributed by atoms with Gasteiger partial charge in [-0.25, -0.2) is 19.6 Å². The molecule has 0 fully saturated rings. The highest BCUT2D eigenvalue weighted by Crippen LogP contribution is 2.21. The molecule has 18 heteroatoms. The van der Waals surface area contributed by atoms with Gasteiger partial charge in [0.1, 0.15) is 12.6 Å². The van der Waals surface area contributed by atoms with Gasteiger partial charge in [0.2, 0.25) is 5.95 Å². The molecule has 2 amide bonds. The van der Waals surface area contributed by atoms with Crippen LogP contribution in [0.5, 0.6) is 0 Å². The lowest BCUT2D eigenvalue weighted by Gasteiger charge is -2.20. The van der Waals surface area contributed by atoms with Crippen molar-refractivity contribution in [2.75, 3.05) is 37.2 Å². The fourth-order valence-corrected chi connectivity index (χ4v) is 4.72. The number of carbonyl (C=O) groups excluding carboxylic acids is 4. The minimum atomic E-state index is -1.61. The van der Waals surface area contributed by atoms with Crippen LogP contribution in [0.15, 0.2) is 48.7 Å². The zero-order valence-corrected chi connectivity index (χ0v) is 27.2. The van der Waals surface area contributed by atoms with Gasteiger partial charge in [0, 0.05) is 24.7 Å². The standard InChI is InChI=1S/C31H35BN8O9/c1-17-13-18(5-10-22(17)32(45)46)16-49-31(44)39-27-25-26(37-30(33)38-27)34-14-20(35-25)15-40(2)21-8-6-19(7-9-21)28(42)36-23(29(43)48-4)11-12-24(41)47-3/h5-10,13-14,23,45-46H,11-12,15-16H2,1-4H3,(H,36,42)(H3,33,34,37,38,39,44). The lowest BCUT2D eigenvalue weighted by molar-refractivity contribution is -0.144. The maximum atomic E-state index is 12.8. The Kier molecular flexibility index (Phi) is 12.0. The number of anilines is 3. The van der Waals surface area contributed by atoms with Gasteiger partial charge in [-0.2, -0.15) is 9.97 Å². The molecule has 2 aromatic heterocycles. The highest BCUT2D eigenvalue weighted by molar-refractivity contribution is 6.59. The largest absolute Gasteiger partial charge is 0.488 e. The summed E-state index contributed by atoms with van der Waals surface area (Å²) in [6, 6.07) is 10.4. The molecule has 1 atom stereocenters. The van der Waals surface area contributed by atoms with Crippen LogP contribution < -0.4 is 26.7 Å². The third kappa shape index (κ3) is 9.58. The predicted molar refractivity (Wildman–Crippen MR) is 177 cm³/mol. The Morgan fingerprint density at radius 3 is 2.41 bits per heavy atom. The zero-order chi connectivity index (χ0) is 35.7. The number of esters is 2. The van der Waals surface area contributed by atoms with Crippen LogP contribution in [0.2, 0.25) is 0 Å². The molecule has 49 heavy (non-hydrogen) atoms. The molecule has 17 nitrogen and oxygen atoms in total. The number of aryl methyl sites for hydroxylation is 1. The fraction of sp³-hybridized carbons (Fsp3) is 0.290. The van der Waals surface area contributed by atoms with E-state index < -0.39 is 37.1 Å². The van der Waals surface area contributed by atoms with E-state index in [9.17, 15) is 29.2 Å². The summed E-state index contributed by atoms with van der Waals surface area (Å²) in [7, 11) is 2.61. The second-order valence-corrected chi connectivity index (χ2v) is 10.8. The number of rotatable bonds is 13. The lowest BCUT2D eigenvalue weighted by Crippen LogP contribution is -2.41. The number of amides is 2. The van der Waals surface area contributed by atoms with Crippen LogP contribution in [0.1, 0.15) is 40.0 Å². The molecule has 0 aliphatic heterocycles. The van der Waals surface area contributed by atoms with E-state index in [2.05, 4.69) is 35.3 Å². The maximum Gasteiger partial charge on any atom is 0.488 e. The van der Waals surface area contributed by atoms with Crippen molar-refractivity contribution in [2.24, 2.45) is 0 Å². The second-order valence-electron chi connectivity index (χ2n) is 10.8. The van der Waals surface area contributed by atoms with Crippen molar-refractivity contribution < 1.29 is 43.4 Å². The monoisotopic (exact) mass is 674 g/mol. The van der Waals surface area contributed by atoms with Crippen LogP contribution in [0.3, 0.4) is 0 Å². The van der Waals surface area contributed by atoms with E-state index in [0.717, 1.165) is 5.69 Å². The molecular weight excluding hydrogens is 639 g/mol. The molecule has 256 valence electrons. The zero-order valence-electron chi connectivity index (χ0n) is 27.2. The Labute approximate surface area is 281 Å². The first-order valence-corrected chi connectivity index (χ1v) is 14.8. The average Bonchev–Trinajstić information content (AvgIpc) is 3.08. The van der Waals surface area contributed by atoms with Crippen LogP contribution in [0, 0.1) is 6.92 Å². The molecule has 0 aliphatic carbocycles. The Hall–Kier alpha value is -5.88. The fourth-order valence-electron chi connectivity index (χ4n) is 4.72. The first kappa shape index (κ1) is 36.0. The number of nitrogens with one attached hydrogen (secondary N) is 2. The Bertz CT molecular complexity index is 1840. The maximum absolute atomic E-state index is 12.8. The molecule has 0 spiro atoms. The van der Waals surface area contributed by atoms with Crippen molar-refractivity contribution in [2.45, 2.75) is 39.0 Å². The van der Waals surface area contributed by atoms with Gasteiger partial charge in [-0.3, -0.25) is 14.9 Å². The summed E-state index contributed by atoms with van der Waals surface area (Å²) in [4.78, 5) is 68.1. The number of nitrogens with zero attached hydrogens (tertiary/aromatic N) is 5. The summed E-state index contributed by atoms with van der Waals surface area (Å²) in [6.45, 7) is 1.87. The van der Waals surface area contributed by atoms with E-state index in [1.165, 1.54) is 26.5 Å². The second kappa shape index (κ2) is 16.3. The van der Waals surface area contributed by atoms with E-state index >= 15 is 0 Å². The molecule has 4 aromatic rings. The van der Waals surface area contributed by atoms with Crippen LogP contribution in [-0.2, 0) is 37.0 Å². The predicted octanol–water partition coefficient (Wildman–Crippen LogP) is 0.600. The molecule has 2 heterocycles. The minimum Gasteiger partial charge on any atom is -0.469 e. The van der Waals surface area contributed by atoms with Gasteiger partial charge in [-0.15, -0.1) is 0 Å². The molecule has 6 N–H and O–H groups in total. The number of fused-ring (bicyclic) bond motifs is 1. The number of aromatic nitrogens is 4.